The lowest BCUT2D eigenvalue weighted by Gasteiger charge is -2.30. The number of aryl methyl sites for hydroxylation is 1. The maximum Gasteiger partial charge on any atom is 0.407 e. The molecule has 9 nitrogen and oxygen atoms in total. The number of likely N-dealkylation sites (tertiary alicyclic amines) is 1. The Balaban J connectivity index is 1.80. The van der Waals surface area contributed by atoms with Crippen molar-refractivity contribution in [1.82, 2.24) is 19.4 Å². The highest BCUT2D eigenvalue weighted by molar-refractivity contribution is 5.76. The highest BCUT2D eigenvalue weighted by Crippen LogP contribution is 2.18. The van der Waals surface area contributed by atoms with Gasteiger partial charge in [-0.15, -0.1) is 0 Å². The topological polar surface area (TPSA) is 110 Å². The number of ether oxygens (including phenoxy) is 1. The monoisotopic (exact) mass is 347 g/mol. The summed E-state index contributed by atoms with van der Waals surface area (Å²) in [5.74, 6) is 0.711. The van der Waals surface area contributed by atoms with Crippen LogP contribution in [0.15, 0.2) is 17.1 Å². The number of piperidine rings is 1. The Hall–Kier alpha value is -2.84. The second kappa shape index (κ2) is 6.96. The third-order valence-electron chi connectivity index (χ3n) is 4.31. The van der Waals surface area contributed by atoms with Gasteiger partial charge in [0, 0.05) is 37.8 Å². The third-order valence-corrected chi connectivity index (χ3v) is 4.31. The second-order valence-electron chi connectivity index (χ2n) is 5.97. The van der Waals surface area contributed by atoms with Crippen LogP contribution in [0.1, 0.15) is 19.8 Å². The van der Waals surface area contributed by atoms with E-state index in [4.69, 9.17) is 9.84 Å². The van der Waals surface area contributed by atoms with Gasteiger partial charge in [-0.1, -0.05) is 0 Å². The van der Waals surface area contributed by atoms with Gasteiger partial charge in [0.05, 0.1) is 6.61 Å². The summed E-state index contributed by atoms with van der Waals surface area (Å²) in [6.45, 7) is 3.20. The van der Waals surface area contributed by atoms with E-state index in [1.807, 2.05) is 6.92 Å². The highest BCUT2D eigenvalue weighted by Gasteiger charge is 2.22. The average molecular weight is 347 g/mol. The minimum absolute atomic E-state index is 0.104. The normalized spacial score (nSPS) is 15.4. The number of nitrogens with zero attached hydrogens (tertiary/aromatic N) is 4. The van der Waals surface area contributed by atoms with E-state index >= 15 is 0 Å². The molecule has 0 atom stereocenters. The Morgan fingerprint density at radius 1 is 1.44 bits per heavy atom. The van der Waals surface area contributed by atoms with Crippen molar-refractivity contribution in [2.75, 3.05) is 25.0 Å². The molecule has 0 bridgehead atoms. The molecule has 1 saturated heterocycles. The molecule has 2 aromatic rings. The molecule has 0 unspecified atom stereocenters. The van der Waals surface area contributed by atoms with E-state index in [0.717, 1.165) is 5.39 Å². The summed E-state index contributed by atoms with van der Waals surface area (Å²) in [7, 11) is 1.65. The minimum Gasteiger partial charge on any atom is -0.488 e. The van der Waals surface area contributed by atoms with Crippen LogP contribution in [0.4, 0.5) is 10.7 Å². The number of pyridine rings is 1. The lowest BCUT2D eigenvalue weighted by atomic mass is 10.1. The molecule has 134 valence electrons. The summed E-state index contributed by atoms with van der Waals surface area (Å²) >= 11 is 0. The number of carbonyl (C=O) groups is 1. The molecule has 1 amide bonds. The quantitative estimate of drug-likeness (QED) is 0.857. The van der Waals surface area contributed by atoms with Crippen molar-refractivity contribution in [1.29, 1.82) is 0 Å². The standard InChI is InChI=1S/C16H21N5O4/c1-3-25-12-8-10-9-17-15(19-13(10)20(2)14(12)22)18-11-4-6-21(7-5-11)16(23)24/h8-9,11H,3-7H2,1-2H3,(H,23,24)(H,17,18,19). The molecule has 1 aliphatic rings. The van der Waals surface area contributed by atoms with Gasteiger partial charge in [-0.2, -0.15) is 4.98 Å². The van der Waals surface area contributed by atoms with Crippen molar-refractivity contribution in [3.63, 3.8) is 0 Å². The fraction of sp³-hybridized carbons (Fsp3) is 0.500. The lowest BCUT2D eigenvalue weighted by molar-refractivity contribution is 0.133. The molecule has 9 heteroatoms. The van der Waals surface area contributed by atoms with Crippen molar-refractivity contribution in [3.05, 3.63) is 22.6 Å². The van der Waals surface area contributed by atoms with Gasteiger partial charge in [0.15, 0.2) is 5.75 Å². The maximum absolute atomic E-state index is 12.3. The second-order valence-corrected chi connectivity index (χ2v) is 5.97. The molecule has 0 aromatic carbocycles. The Labute approximate surface area is 144 Å². The number of nitrogens with one attached hydrogen (secondary N) is 1. The summed E-state index contributed by atoms with van der Waals surface area (Å²) in [4.78, 5) is 33.4. The zero-order chi connectivity index (χ0) is 18.0. The highest BCUT2D eigenvalue weighted by atomic mass is 16.5. The van der Waals surface area contributed by atoms with E-state index < -0.39 is 6.09 Å². The molecule has 25 heavy (non-hydrogen) atoms. The summed E-state index contributed by atoms with van der Waals surface area (Å²) in [5, 5.41) is 12.9. The number of amides is 1. The molecule has 0 saturated carbocycles. The molecule has 1 aliphatic heterocycles. The van der Waals surface area contributed by atoms with Gasteiger partial charge in [-0.3, -0.25) is 9.36 Å². The van der Waals surface area contributed by atoms with E-state index in [9.17, 15) is 9.59 Å². The van der Waals surface area contributed by atoms with Gasteiger partial charge in [0.2, 0.25) is 5.95 Å². The maximum atomic E-state index is 12.3. The van der Waals surface area contributed by atoms with Crippen LogP contribution in [-0.2, 0) is 7.05 Å². The first-order valence-corrected chi connectivity index (χ1v) is 8.23. The van der Waals surface area contributed by atoms with Crippen molar-refractivity contribution in [2.24, 2.45) is 7.05 Å². The number of aromatic nitrogens is 3. The van der Waals surface area contributed by atoms with Crippen LogP contribution < -0.4 is 15.6 Å². The van der Waals surface area contributed by atoms with Gasteiger partial charge in [0.1, 0.15) is 5.65 Å². The zero-order valence-corrected chi connectivity index (χ0v) is 14.2. The van der Waals surface area contributed by atoms with Gasteiger partial charge in [-0.05, 0) is 25.8 Å². The molecule has 2 N–H and O–H groups in total. The largest absolute Gasteiger partial charge is 0.488 e. The van der Waals surface area contributed by atoms with E-state index in [2.05, 4.69) is 15.3 Å². The van der Waals surface area contributed by atoms with Gasteiger partial charge in [-0.25, -0.2) is 9.78 Å². The fourth-order valence-corrected chi connectivity index (χ4v) is 2.94. The Kier molecular flexibility index (Phi) is 4.73. The van der Waals surface area contributed by atoms with Gasteiger partial charge < -0.3 is 20.1 Å². The SMILES string of the molecule is CCOc1cc2cnc(NC3CCN(C(=O)O)CC3)nc2n(C)c1=O. The Morgan fingerprint density at radius 3 is 2.80 bits per heavy atom. The lowest BCUT2D eigenvalue weighted by Crippen LogP contribution is -2.41. The molecule has 0 aliphatic carbocycles. The van der Waals surface area contributed by atoms with Crippen LogP contribution in [0.5, 0.6) is 5.75 Å². The molecule has 1 fully saturated rings. The van der Waals surface area contributed by atoms with Crippen molar-refractivity contribution in [3.8, 4) is 5.75 Å². The van der Waals surface area contributed by atoms with Crippen molar-refractivity contribution in [2.45, 2.75) is 25.8 Å². The Bertz CT molecular complexity index is 842. The smallest absolute Gasteiger partial charge is 0.407 e. The first-order valence-electron chi connectivity index (χ1n) is 8.23. The van der Waals surface area contributed by atoms with E-state index in [1.165, 1.54) is 9.47 Å². The van der Waals surface area contributed by atoms with E-state index in [-0.39, 0.29) is 17.4 Å². The van der Waals surface area contributed by atoms with Crippen molar-refractivity contribution < 1.29 is 14.6 Å². The minimum atomic E-state index is -0.888. The first kappa shape index (κ1) is 17.0. The van der Waals surface area contributed by atoms with Crippen LogP contribution in [0.25, 0.3) is 11.0 Å². The Morgan fingerprint density at radius 2 is 2.16 bits per heavy atom. The van der Waals surface area contributed by atoms with E-state index in [1.54, 1.807) is 19.3 Å². The zero-order valence-electron chi connectivity index (χ0n) is 14.2. The molecular formula is C16H21N5O4. The summed E-state index contributed by atoms with van der Waals surface area (Å²) < 4.78 is 6.79. The molecule has 3 heterocycles. The molecule has 0 radical (unpaired) electrons. The average Bonchev–Trinajstić information content (AvgIpc) is 2.60. The van der Waals surface area contributed by atoms with Gasteiger partial charge in [0.25, 0.3) is 5.56 Å². The predicted octanol–water partition coefficient (Wildman–Crippen LogP) is 1.28. The number of hydrogen-bond donors (Lipinski definition) is 2. The van der Waals surface area contributed by atoms with E-state index in [0.29, 0.717) is 44.1 Å². The first-order chi connectivity index (χ1) is 12.0. The summed E-state index contributed by atoms with van der Waals surface area (Å²) in [5.41, 5.74) is 0.280. The van der Waals surface area contributed by atoms with Crippen LogP contribution in [-0.4, -0.2) is 56.4 Å². The van der Waals surface area contributed by atoms with Crippen LogP contribution in [0.3, 0.4) is 0 Å². The molecule has 0 spiro atoms. The molecule has 2 aromatic heterocycles. The van der Waals surface area contributed by atoms with Crippen LogP contribution in [0.2, 0.25) is 0 Å². The third kappa shape index (κ3) is 3.49. The number of fused-ring (bicyclic) bond motifs is 1. The summed E-state index contributed by atoms with van der Waals surface area (Å²) in [6, 6.07) is 1.75. The number of hydrogen-bond acceptors (Lipinski definition) is 6. The van der Waals surface area contributed by atoms with Gasteiger partial charge >= 0.3 is 6.09 Å². The fourth-order valence-electron chi connectivity index (χ4n) is 2.94. The number of carboxylic acid groups (broad SMARTS) is 1. The predicted molar refractivity (Wildman–Crippen MR) is 92.2 cm³/mol. The van der Waals surface area contributed by atoms with Crippen LogP contribution in [0, 0.1) is 0 Å². The van der Waals surface area contributed by atoms with Crippen molar-refractivity contribution >= 4 is 23.1 Å². The summed E-state index contributed by atoms with van der Waals surface area (Å²) in [6.07, 6.45) is 2.14. The number of anilines is 1. The van der Waals surface area contributed by atoms with Crippen LogP contribution >= 0.6 is 0 Å². The molecular weight excluding hydrogens is 326 g/mol. The number of rotatable bonds is 4. The molecule has 3 rings (SSSR count).